The monoisotopic (exact) mass is 464 g/mol. The van der Waals surface area contributed by atoms with Gasteiger partial charge < -0.3 is 9.47 Å². The van der Waals surface area contributed by atoms with E-state index in [1.807, 2.05) is 6.92 Å². The molecule has 0 aliphatic heterocycles. The summed E-state index contributed by atoms with van der Waals surface area (Å²) in [7, 11) is 1.29. The number of pyridine rings is 1. The molecule has 0 N–H and O–H groups in total. The fourth-order valence-corrected chi connectivity index (χ4v) is 3.86. The Labute approximate surface area is 188 Å². The van der Waals surface area contributed by atoms with Crippen LogP contribution < -0.4 is 4.74 Å². The highest BCUT2D eigenvalue weighted by Gasteiger charge is 2.34. The van der Waals surface area contributed by atoms with Gasteiger partial charge in [0.05, 0.1) is 41.2 Å². The summed E-state index contributed by atoms with van der Waals surface area (Å²) in [5, 5.41) is 2.44. The minimum atomic E-state index is -4.50. The molecule has 0 aliphatic carbocycles. The van der Waals surface area contributed by atoms with E-state index in [9.17, 15) is 18.0 Å². The van der Waals surface area contributed by atoms with E-state index in [1.54, 1.807) is 23.6 Å². The molecule has 2 heterocycles. The van der Waals surface area contributed by atoms with Crippen molar-refractivity contribution in [2.45, 2.75) is 38.8 Å². The molecule has 1 aromatic carbocycles. The molecule has 3 aromatic rings. The van der Waals surface area contributed by atoms with E-state index in [-0.39, 0.29) is 18.8 Å². The van der Waals surface area contributed by atoms with Gasteiger partial charge in [0.15, 0.2) is 0 Å². The van der Waals surface area contributed by atoms with Gasteiger partial charge in [0, 0.05) is 18.0 Å². The van der Waals surface area contributed by atoms with Gasteiger partial charge in [-0.2, -0.15) is 13.2 Å². The number of aromatic nitrogens is 2. The molecule has 0 aliphatic rings. The number of esters is 1. The Morgan fingerprint density at radius 1 is 1.12 bits per heavy atom. The Morgan fingerprint density at radius 2 is 1.94 bits per heavy atom. The van der Waals surface area contributed by atoms with Crippen LogP contribution in [0.3, 0.4) is 0 Å². The van der Waals surface area contributed by atoms with Crippen molar-refractivity contribution in [1.82, 2.24) is 9.97 Å². The Morgan fingerprint density at radius 3 is 2.59 bits per heavy atom. The van der Waals surface area contributed by atoms with Crippen LogP contribution >= 0.6 is 11.3 Å². The van der Waals surface area contributed by atoms with Crippen molar-refractivity contribution in [2.24, 2.45) is 0 Å². The first-order valence-electron chi connectivity index (χ1n) is 10.1. The van der Waals surface area contributed by atoms with Crippen molar-refractivity contribution < 1.29 is 27.4 Å². The number of hydrogen-bond donors (Lipinski definition) is 0. The molecule has 5 nitrogen and oxygen atoms in total. The summed E-state index contributed by atoms with van der Waals surface area (Å²) in [6, 6.07) is 7.37. The normalized spacial score (nSPS) is 11.4. The minimum absolute atomic E-state index is 0.146. The van der Waals surface area contributed by atoms with Crippen molar-refractivity contribution in [3.8, 4) is 17.1 Å². The Bertz CT molecular complexity index is 1050. The lowest BCUT2D eigenvalue weighted by atomic mass is 10.1. The molecule has 0 atom stereocenters. The largest absolute Gasteiger partial charge is 0.493 e. The molecular weight excluding hydrogens is 441 g/mol. The highest BCUT2D eigenvalue weighted by atomic mass is 32.1. The summed E-state index contributed by atoms with van der Waals surface area (Å²) in [6.07, 6.45) is -0.262. The topological polar surface area (TPSA) is 61.3 Å². The van der Waals surface area contributed by atoms with Crippen molar-refractivity contribution >= 4 is 17.3 Å². The first kappa shape index (κ1) is 23.7. The predicted octanol–water partition coefficient (Wildman–Crippen LogP) is 6.17. The highest BCUT2D eigenvalue weighted by molar-refractivity contribution is 7.10. The molecule has 0 radical (unpaired) electrons. The number of alkyl halides is 3. The Balaban J connectivity index is 1.74. The summed E-state index contributed by atoms with van der Waals surface area (Å²) in [4.78, 5) is 20.2. The van der Waals surface area contributed by atoms with Crippen molar-refractivity contribution in [3.05, 3.63) is 63.6 Å². The van der Waals surface area contributed by atoms with E-state index in [2.05, 4.69) is 14.7 Å². The number of thiazole rings is 1. The lowest BCUT2D eigenvalue weighted by molar-refractivity contribution is -0.139. The summed E-state index contributed by atoms with van der Waals surface area (Å²) in [6.45, 7) is 2.28. The van der Waals surface area contributed by atoms with Crippen molar-refractivity contribution in [1.29, 1.82) is 0 Å². The van der Waals surface area contributed by atoms with E-state index >= 15 is 0 Å². The summed E-state index contributed by atoms with van der Waals surface area (Å²) in [5.41, 5.74) is 1.19. The molecule has 0 unspecified atom stereocenters. The number of carbonyl (C=O) groups is 1. The third-order valence-corrected chi connectivity index (χ3v) is 5.56. The van der Waals surface area contributed by atoms with Crippen LogP contribution in [0.5, 0.6) is 5.75 Å². The van der Waals surface area contributed by atoms with Crippen molar-refractivity contribution in [3.63, 3.8) is 0 Å². The first-order chi connectivity index (χ1) is 15.3. The maximum atomic E-state index is 13.5. The number of rotatable bonds is 9. The van der Waals surface area contributed by atoms with Crippen LogP contribution in [0.2, 0.25) is 0 Å². The number of hydrogen-bond acceptors (Lipinski definition) is 6. The van der Waals surface area contributed by atoms with Gasteiger partial charge in [0.1, 0.15) is 5.75 Å². The number of benzene rings is 1. The van der Waals surface area contributed by atoms with Crippen LogP contribution in [0, 0.1) is 0 Å². The highest BCUT2D eigenvalue weighted by Crippen LogP contribution is 2.37. The maximum absolute atomic E-state index is 13.5. The zero-order valence-corrected chi connectivity index (χ0v) is 18.6. The second-order valence-electron chi connectivity index (χ2n) is 7.11. The molecule has 0 saturated heterocycles. The average molecular weight is 465 g/mol. The minimum Gasteiger partial charge on any atom is -0.493 e. The van der Waals surface area contributed by atoms with Crippen LogP contribution in [0.1, 0.15) is 52.7 Å². The predicted molar refractivity (Wildman–Crippen MR) is 116 cm³/mol. The maximum Gasteiger partial charge on any atom is 0.419 e. The second kappa shape index (κ2) is 10.6. The van der Waals surface area contributed by atoms with Gasteiger partial charge in [-0.3, -0.25) is 4.98 Å². The van der Waals surface area contributed by atoms with E-state index in [0.717, 1.165) is 18.9 Å². The van der Waals surface area contributed by atoms with Gasteiger partial charge in [0.2, 0.25) is 0 Å². The molecule has 3 rings (SSSR count). The Hall–Kier alpha value is -2.94. The van der Waals surface area contributed by atoms with E-state index in [1.165, 1.54) is 30.7 Å². The smallest absolute Gasteiger partial charge is 0.419 e. The molecule has 0 bridgehead atoms. The van der Waals surface area contributed by atoms with Crippen LogP contribution in [0.4, 0.5) is 13.2 Å². The standard InChI is InChI=1S/C23H23F3N2O3S/c1-3-4-5-10-31-20-9-6-15(11-17(20)23(24,25)26)12-21-28-19(14-32-21)18-8-7-16(13-27-18)22(29)30-2/h6-9,11,13-14H,3-5,10,12H2,1-2H3. The zero-order chi connectivity index (χ0) is 23.1. The molecule has 0 spiro atoms. The first-order valence-corrected chi connectivity index (χ1v) is 11.0. The third-order valence-electron chi connectivity index (χ3n) is 4.71. The number of carbonyl (C=O) groups excluding carboxylic acids is 1. The van der Waals surface area contributed by atoms with Gasteiger partial charge in [0.25, 0.3) is 0 Å². The number of unbranched alkanes of at least 4 members (excludes halogenated alkanes) is 2. The van der Waals surface area contributed by atoms with Crippen LogP contribution in [0.15, 0.2) is 41.9 Å². The van der Waals surface area contributed by atoms with Gasteiger partial charge in [-0.25, -0.2) is 9.78 Å². The van der Waals surface area contributed by atoms with E-state index in [0.29, 0.717) is 33.9 Å². The molecule has 32 heavy (non-hydrogen) atoms. The molecule has 0 amide bonds. The molecule has 9 heteroatoms. The summed E-state index contributed by atoms with van der Waals surface area (Å²) in [5.74, 6) is -0.631. The third kappa shape index (κ3) is 6.06. The van der Waals surface area contributed by atoms with Gasteiger partial charge in [-0.1, -0.05) is 25.8 Å². The number of nitrogens with zero attached hydrogens (tertiary/aromatic N) is 2. The SMILES string of the molecule is CCCCCOc1ccc(Cc2nc(-c3ccc(C(=O)OC)cn3)cs2)cc1C(F)(F)F. The van der Waals surface area contributed by atoms with Gasteiger partial charge >= 0.3 is 12.1 Å². The lowest BCUT2D eigenvalue weighted by Gasteiger charge is -2.15. The molecule has 2 aromatic heterocycles. The van der Waals surface area contributed by atoms with Crippen LogP contribution in [-0.4, -0.2) is 29.7 Å². The number of halogens is 3. The molecule has 0 fully saturated rings. The average Bonchev–Trinajstić information content (AvgIpc) is 3.24. The van der Waals surface area contributed by atoms with Gasteiger partial charge in [-0.15, -0.1) is 11.3 Å². The van der Waals surface area contributed by atoms with E-state index in [4.69, 9.17) is 4.74 Å². The van der Waals surface area contributed by atoms with Crippen molar-refractivity contribution in [2.75, 3.05) is 13.7 Å². The second-order valence-corrected chi connectivity index (χ2v) is 8.05. The fourth-order valence-electron chi connectivity index (χ4n) is 3.04. The van der Waals surface area contributed by atoms with Crippen LogP contribution in [0.25, 0.3) is 11.4 Å². The lowest BCUT2D eigenvalue weighted by Crippen LogP contribution is -2.10. The summed E-state index contributed by atoms with van der Waals surface area (Å²) < 4.78 is 50.7. The van der Waals surface area contributed by atoms with E-state index < -0.39 is 17.7 Å². The number of ether oxygens (including phenoxy) is 2. The molecule has 0 saturated carbocycles. The quantitative estimate of drug-likeness (QED) is 0.280. The van der Waals surface area contributed by atoms with Gasteiger partial charge in [-0.05, 0) is 36.2 Å². The number of methoxy groups -OCH3 is 1. The fraction of sp³-hybridized carbons (Fsp3) is 0.348. The molecular formula is C23H23F3N2O3S. The van der Waals surface area contributed by atoms with Crippen LogP contribution in [-0.2, 0) is 17.3 Å². The Kier molecular flexibility index (Phi) is 7.84. The zero-order valence-electron chi connectivity index (χ0n) is 17.7. The summed E-state index contributed by atoms with van der Waals surface area (Å²) >= 11 is 1.34. The molecule has 170 valence electrons.